The Bertz CT molecular complexity index is 477. The van der Waals surface area contributed by atoms with E-state index in [2.05, 4.69) is 5.32 Å². The average Bonchev–Trinajstić information content (AvgIpc) is 2.34. The number of nitrogens with one attached hydrogen (secondary N) is 1. The fourth-order valence-corrected chi connectivity index (χ4v) is 1.77. The zero-order valence-electron chi connectivity index (χ0n) is 11.8. The summed E-state index contributed by atoms with van der Waals surface area (Å²) < 4.78 is 51.1. The monoisotopic (exact) mass is 289 g/mol. The van der Waals surface area contributed by atoms with Crippen LogP contribution in [0.2, 0.25) is 0 Å². The Morgan fingerprint density at radius 1 is 1.30 bits per heavy atom. The van der Waals surface area contributed by atoms with Crippen molar-refractivity contribution in [3.63, 3.8) is 0 Å². The minimum atomic E-state index is -4.54. The maximum absolute atomic E-state index is 13.3. The molecule has 1 nitrogen and oxygen atoms in total. The van der Waals surface area contributed by atoms with Crippen LogP contribution in [-0.4, -0.2) is 12.6 Å². The Hall–Kier alpha value is -1.36. The molecule has 1 unspecified atom stereocenters. The first-order valence-corrected chi connectivity index (χ1v) is 6.53. The molecule has 1 N–H and O–H groups in total. The van der Waals surface area contributed by atoms with Crippen molar-refractivity contribution in [1.29, 1.82) is 0 Å². The van der Waals surface area contributed by atoms with E-state index in [1.54, 1.807) is 6.08 Å². The molecule has 1 aromatic rings. The molecular weight excluding hydrogens is 270 g/mol. The molecule has 20 heavy (non-hydrogen) atoms. The predicted octanol–water partition coefficient (Wildman–Crippen LogP) is 4.64. The quantitative estimate of drug-likeness (QED) is 0.779. The molecule has 0 saturated heterocycles. The molecule has 0 radical (unpaired) electrons. The van der Waals surface area contributed by atoms with Gasteiger partial charge in [-0.2, -0.15) is 13.2 Å². The van der Waals surface area contributed by atoms with Gasteiger partial charge in [-0.05, 0) is 50.6 Å². The van der Waals surface area contributed by atoms with Crippen LogP contribution in [0.4, 0.5) is 17.6 Å². The summed E-state index contributed by atoms with van der Waals surface area (Å²) >= 11 is 0. The van der Waals surface area contributed by atoms with Crippen molar-refractivity contribution in [2.24, 2.45) is 0 Å². The van der Waals surface area contributed by atoms with Gasteiger partial charge in [-0.1, -0.05) is 18.6 Å². The molecule has 0 aliphatic heterocycles. The third-order valence-electron chi connectivity index (χ3n) is 3.03. The van der Waals surface area contributed by atoms with Crippen LogP contribution in [0.15, 0.2) is 23.8 Å². The molecule has 1 aromatic carbocycles. The van der Waals surface area contributed by atoms with E-state index in [0.717, 1.165) is 30.7 Å². The van der Waals surface area contributed by atoms with Crippen molar-refractivity contribution in [3.05, 3.63) is 40.7 Å². The summed E-state index contributed by atoms with van der Waals surface area (Å²) in [5, 5.41) is 3.23. The van der Waals surface area contributed by atoms with Gasteiger partial charge in [0.05, 0.1) is 5.56 Å². The smallest absolute Gasteiger partial charge is 0.311 e. The first kappa shape index (κ1) is 16.7. The van der Waals surface area contributed by atoms with Gasteiger partial charge in [0.2, 0.25) is 0 Å². The van der Waals surface area contributed by atoms with Crippen LogP contribution < -0.4 is 5.32 Å². The average molecular weight is 289 g/mol. The minimum Gasteiger partial charge on any atom is -0.311 e. The number of rotatable bonds is 5. The van der Waals surface area contributed by atoms with Crippen LogP contribution in [0.5, 0.6) is 0 Å². The van der Waals surface area contributed by atoms with Crippen LogP contribution in [0.3, 0.4) is 0 Å². The van der Waals surface area contributed by atoms with Crippen molar-refractivity contribution >= 4 is 6.08 Å². The molecule has 1 rings (SSSR count). The predicted molar refractivity (Wildman–Crippen MR) is 72.8 cm³/mol. The van der Waals surface area contributed by atoms with E-state index in [-0.39, 0.29) is 11.6 Å². The Kier molecular flexibility index (Phi) is 5.74. The molecular formula is C15H19F4N. The van der Waals surface area contributed by atoms with E-state index in [1.165, 1.54) is 0 Å². The van der Waals surface area contributed by atoms with Crippen LogP contribution in [0, 0.1) is 5.82 Å². The van der Waals surface area contributed by atoms with Gasteiger partial charge in [0, 0.05) is 6.04 Å². The lowest BCUT2D eigenvalue weighted by atomic mass is 10.0. The number of benzene rings is 1. The second-order valence-electron chi connectivity index (χ2n) is 4.84. The van der Waals surface area contributed by atoms with Crippen molar-refractivity contribution in [3.8, 4) is 0 Å². The first-order valence-electron chi connectivity index (χ1n) is 6.53. The maximum Gasteiger partial charge on any atom is 0.416 e. The fraction of sp³-hybridized carbons (Fsp3) is 0.467. The SMILES string of the molecule is CCCNC(C)/C(C)=C/c1cc(F)cc(C(F)(F)F)c1. The van der Waals surface area contributed by atoms with Crippen LogP contribution in [0.1, 0.15) is 38.3 Å². The Morgan fingerprint density at radius 3 is 2.50 bits per heavy atom. The standard InChI is InChI=1S/C15H19F4N/c1-4-5-20-11(3)10(2)6-12-7-13(15(17,18)19)9-14(16)8-12/h6-9,11,20H,4-5H2,1-3H3/b10-6+. The molecule has 0 fully saturated rings. The molecule has 0 spiro atoms. The Balaban J connectivity index is 2.99. The van der Waals surface area contributed by atoms with Gasteiger partial charge in [-0.15, -0.1) is 0 Å². The number of hydrogen-bond acceptors (Lipinski definition) is 1. The molecule has 0 aliphatic rings. The van der Waals surface area contributed by atoms with Gasteiger partial charge in [-0.25, -0.2) is 4.39 Å². The van der Waals surface area contributed by atoms with Crippen molar-refractivity contribution in [1.82, 2.24) is 5.32 Å². The normalized spacial score (nSPS) is 14.4. The van der Waals surface area contributed by atoms with E-state index in [4.69, 9.17) is 0 Å². The van der Waals surface area contributed by atoms with Crippen molar-refractivity contribution in [2.45, 2.75) is 39.4 Å². The summed E-state index contributed by atoms with van der Waals surface area (Å²) in [6.45, 7) is 6.58. The van der Waals surface area contributed by atoms with E-state index in [0.29, 0.717) is 6.07 Å². The van der Waals surface area contributed by atoms with Gasteiger partial charge in [0.15, 0.2) is 0 Å². The van der Waals surface area contributed by atoms with Crippen molar-refractivity contribution in [2.75, 3.05) is 6.54 Å². The van der Waals surface area contributed by atoms with Crippen LogP contribution in [-0.2, 0) is 6.18 Å². The third-order valence-corrected chi connectivity index (χ3v) is 3.03. The third kappa shape index (κ3) is 4.96. The number of alkyl halides is 3. The summed E-state index contributed by atoms with van der Waals surface area (Å²) in [5.74, 6) is -0.881. The topological polar surface area (TPSA) is 12.0 Å². The second-order valence-corrected chi connectivity index (χ2v) is 4.84. The van der Waals surface area contributed by atoms with Gasteiger partial charge in [0.1, 0.15) is 5.82 Å². The van der Waals surface area contributed by atoms with Crippen LogP contribution >= 0.6 is 0 Å². The van der Waals surface area contributed by atoms with E-state index < -0.39 is 17.6 Å². The molecule has 0 aromatic heterocycles. The van der Waals surface area contributed by atoms with Gasteiger partial charge in [-0.3, -0.25) is 0 Å². The molecule has 112 valence electrons. The maximum atomic E-state index is 13.3. The highest BCUT2D eigenvalue weighted by molar-refractivity contribution is 5.55. The summed E-state index contributed by atoms with van der Waals surface area (Å²) in [4.78, 5) is 0. The highest BCUT2D eigenvalue weighted by atomic mass is 19.4. The summed E-state index contributed by atoms with van der Waals surface area (Å²) in [7, 11) is 0. The van der Waals surface area contributed by atoms with Gasteiger partial charge in [0.25, 0.3) is 0 Å². The fourth-order valence-electron chi connectivity index (χ4n) is 1.77. The summed E-state index contributed by atoms with van der Waals surface area (Å²) in [6.07, 6.45) is -1.99. The Labute approximate surface area is 116 Å². The van der Waals surface area contributed by atoms with E-state index in [9.17, 15) is 17.6 Å². The molecule has 0 amide bonds. The summed E-state index contributed by atoms with van der Waals surface area (Å²) in [5.41, 5.74) is 0.114. The lowest BCUT2D eigenvalue weighted by Gasteiger charge is -2.14. The number of hydrogen-bond donors (Lipinski definition) is 1. The molecule has 0 bridgehead atoms. The highest BCUT2D eigenvalue weighted by Crippen LogP contribution is 2.31. The zero-order valence-corrected chi connectivity index (χ0v) is 11.8. The lowest BCUT2D eigenvalue weighted by Crippen LogP contribution is -2.27. The zero-order chi connectivity index (χ0) is 15.3. The highest BCUT2D eigenvalue weighted by Gasteiger charge is 2.31. The van der Waals surface area contributed by atoms with Gasteiger partial charge < -0.3 is 5.32 Å². The van der Waals surface area contributed by atoms with Crippen LogP contribution in [0.25, 0.3) is 6.08 Å². The Morgan fingerprint density at radius 2 is 1.95 bits per heavy atom. The van der Waals surface area contributed by atoms with E-state index >= 15 is 0 Å². The summed E-state index contributed by atoms with van der Waals surface area (Å²) in [6, 6.07) is 2.60. The molecule has 0 heterocycles. The first-order chi connectivity index (χ1) is 9.24. The van der Waals surface area contributed by atoms with Gasteiger partial charge >= 0.3 is 6.18 Å². The minimum absolute atomic E-state index is 0.0348. The van der Waals surface area contributed by atoms with E-state index in [1.807, 2.05) is 20.8 Å². The lowest BCUT2D eigenvalue weighted by molar-refractivity contribution is -0.137. The number of halogens is 4. The molecule has 5 heteroatoms. The largest absolute Gasteiger partial charge is 0.416 e. The molecule has 0 saturated carbocycles. The second kappa shape index (κ2) is 6.88. The molecule has 1 atom stereocenters. The van der Waals surface area contributed by atoms with Crippen molar-refractivity contribution < 1.29 is 17.6 Å². The molecule has 0 aliphatic carbocycles.